The van der Waals surface area contributed by atoms with Crippen LogP contribution < -0.4 is 10.6 Å². The minimum absolute atomic E-state index is 0.0642. The van der Waals surface area contributed by atoms with E-state index in [1.54, 1.807) is 31.4 Å². The molecule has 0 aliphatic carbocycles. The maximum absolute atomic E-state index is 12.5. The van der Waals surface area contributed by atoms with Gasteiger partial charge in [0.1, 0.15) is 5.25 Å². The number of nitrogens with zero attached hydrogens (tertiary/aromatic N) is 2. The van der Waals surface area contributed by atoms with Crippen molar-refractivity contribution in [1.82, 2.24) is 10.2 Å². The molecule has 2 N–H and O–H groups in total. The predicted octanol–water partition coefficient (Wildman–Crippen LogP) is 3.19. The Balaban J connectivity index is 1.24. The van der Waals surface area contributed by atoms with E-state index in [0.29, 0.717) is 24.4 Å². The number of rotatable bonds is 8. The number of anilines is 1. The van der Waals surface area contributed by atoms with E-state index in [1.807, 2.05) is 24.3 Å². The summed E-state index contributed by atoms with van der Waals surface area (Å²) in [6.07, 6.45) is 2.28. The second kappa shape index (κ2) is 11.3. The van der Waals surface area contributed by atoms with Gasteiger partial charge in [0.25, 0.3) is 11.8 Å². The van der Waals surface area contributed by atoms with Crippen molar-refractivity contribution in [3.05, 3.63) is 65.2 Å². The molecule has 178 valence electrons. The number of amidine groups is 1. The first-order valence-corrected chi connectivity index (χ1v) is 12.2. The number of amides is 3. The van der Waals surface area contributed by atoms with E-state index in [-0.39, 0.29) is 24.1 Å². The first kappa shape index (κ1) is 24.0. The molecule has 0 saturated carbocycles. The molecule has 2 heterocycles. The second-order valence-electron chi connectivity index (χ2n) is 8.30. The predicted molar refractivity (Wildman–Crippen MR) is 133 cm³/mol. The quantitative estimate of drug-likeness (QED) is 0.602. The summed E-state index contributed by atoms with van der Waals surface area (Å²) in [6.45, 7) is 2.76. The van der Waals surface area contributed by atoms with E-state index in [9.17, 15) is 14.4 Å². The Morgan fingerprint density at radius 2 is 1.85 bits per heavy atom. The van der Waals surface area contributed by atoms with E-state index >= 15 is 0 Å². The van der Waals surface area contributed by atoms with Crippen LogP contribution >= 0.6 is 11.8 Å². The van der Waals surface area contributed by atoms with Crippen LogP contribution in [0, 0.1) is 0 Å². The third-order valence-corrected chi connectivity index (χ3v) is 6.88. The maximum Gasteiger partial charge on any atom is 0.262 e. The number of likely N-dealkylation sites (tertiary alicyclic amines) is 1. The highest BCUT2D eigenvalue weighted by Gasteiger charge is 2.33. The molecule has 0 spiro atoms. The topological polar surface area (TPSA) is 100 Å². The van der Waals surface area contributed by atoms with E-state index in [0.717, 1.165) is 42.2 Å². The van der Waals surface area contributed by atoms with Crippen molar-refractivity contribution in [1.29, 1.82) is 0 Å². The van der Waals surface area contributed by atoms with Crippen LogP contribution in [0.25, 0.3) is 0 Å². The Hall–Kier alpha value is -3.17. The number of carbonyl (C=O) groups is 3. The number of benzene rings is 2. The lowest BCUT2D eigenvalue weighted by molar-refractivity contribution is -0.121. The monoisotopic (exact) mass is 480 g/mol. The van der Waals surface area contributed by atoms with Crippen LogP contribution in [0.5, 0.6) is 0 Å². The first-order chi connectivity index (χ1) is 16.5. The van der Waals surface area contributed by atoms with E-state index in [4.69, 9.17) is 4.74 Å². The summed E-state index contributed by atoms with van der Waals surface area (Å²) >= 11 is 1.37. The van der Waals surface area contributed by atoms with Gasteiger partial charge in [0, 0.05) is 44.4 Å². The smallest absolute Gasteiger partial charge is 0.262 e. The summed E-state index contributed by atoms with van der Waals surface area (Å²) in [7, 11) is 1.65. The summed E-state index contributed by atoms with van der Waals surface area (Å²) < 4.78 is 5.14. The first-order valence-electron chi connectivity index (χ1n) is 11.3. The zero-order valence-electron chi connectivity index (χ0n) is 19.1. The molecule has 1 atom stereocenters. The van der Waals surface area contributed by atoms with Crippen molar-refractivity contribution in [2.24, 2.45) is 4.99 Å². The fourth-order valence-corrected chi connectivity index (χ4v) is 5.04. The average molecular weight is 481 g/mol. The van der Waals surface area contributed by atoms with Crippen molar-refractivity contribution in [3.8, 4) is 0 Å². The van der Waals surface area contributed by atoms with Gasteiger partial charge >= 0.3 is 0 Å². The van der Waals surface area contributed by atoms with Gasteiger partial charge in [-0.05, 0) is 48.2 Å². The summed E-state index contributed by atoms with van der Waals surface area (Å²) in [5.41, 5.74) is 3.11. The van der Waals surface area contributed by atoms with Gasteiger partial charge in [0.05, 0.1) is 6.61 Å². The number of methoxy groups -OCH3 is 1. The molecule has 2 aliphatic rings. The molecular formula is C25H28N4O4S. The molecular weight excluding hydrogens is 452 g/mol. The van der Waals surface area contributed by atoms with Gasteiger partial charge in [-0.25, -0.2) is 0 Å². The summed E-state index contributed by atoms with van der Waals surface area (Å²) in [4.78, 5) is 43.4. The van der Waals surface area contributed by atoms with Gasteiger partial charge in [-0.3, -0.25) is 14.4 Å². The Morgan fingerprint density at radius 1 is 1.12 bits per heavy atom. The minimum Gasteiger partial charge on any atom is -0.380 e. The molecule has 1 unspecified atom stereocenters. The molecule has 2 aromatic carbocycles. The molecule has 0 aromatic heterocycles. The molecule has 1 saturated heterocycles. The molecule has 8 nitrogen and oxygen atoms in total. The van der Waals surface area contributed by atoms with Crippen LogP contribution in [0.4, 0.5) is 5.69 Å². The number of nitrogens with one attached hydrogen (secondary N) is 2. The number of aliphatic imine (C=N–C) groups is 1. The fraction of sp³-hybridized carbons (Fsp3) is 0.360. The lowest BCUT2D eigenvalue weighted by Gasteiger charge is -2.16. The summed E-state index contributed by atoms with van der Waals surface area (Å²) in [5, 5.41) is 5.96. The highest BCUT2D eigenvalue weighted by Crippen LogP contribution is 2.29. The van der Waals surface area contributed by atoms with Gasteiger partial charge in [-0.1, -0.05) is 36.0 Å². The van der Waals surface area contributed by atoms with Gasteiger partial charge in [-0.2, -0.15) is 4.99 Å². The van der Waals surface area contributed by atoms with Crippen molar-refractivity contribution >= 4 is 40.3 Å². The maximum atomic E-state index is 12.5. The standard InChI is InChI=1S/C25H28N4O4S/c1-33-16-18-6-4-5-17(13-18)15-26-23(31)19-7-9-20(10-8-19)27-22(30)14-21-24(32)28-25(34-21)29-11-2-3-12-29/h4-10,13,21H,2-3,11-12,14-16H2,1H3,(H,26,31)(H,27,30). The molecule has 4 rings (SSSR count). The van der Waals surface area contributed by atoms with Gasteiger partial charge < -0.3 is 20.3 Å². The molecule has 0 bridgehead atoms. The third kappa shape index (κ3) is 6.24. The molecule has 2 aliphatic heterocycles. The molecule has 9 heteroatoms. The number of carbonyl (C=O) groups excluding carboxylic acids is 3. The number of hydrogen-bond acceptors (Lipinski definition) is 6. The van der Waals surface area contributed by atoms with Crippen molar-refractivity contribution < 1.29 is 19.1 Å². The SMILES string of the molecule is COCc1cccc(CNC(=O)c2ccc(NC(=O)CC3SC(N4CCCC4)=NC3=O)cc2)c1. The minimum atomic E-state index is -0.483. The highest BCUT2D eigenvalue weighted by molar-refractivity contribution is 8.15. The van der Waals surface area contributed by atoms with Crippen LogP contribution in [-0.2, 0) is 27.5 Å². The van der Waals surface area contributed by atoms with Gasteiger partial charge in [-0.15, -0.1) is 0 Å². The Kier molecular flexibility index (Phi) is 7.97. The molecule has 0 radical (unpaired) electrons. The highest BCUT2D eigenvalue weighted by atomic mass is 32.2. The van der Waals surface area contributed by atoms with E-state index in [1.165, 1.54) is 11.8 Å². The van der Waals surface area contributed by atoms with Crippen LogP contribution in [0.1, 0.15) is 40.7 Å². The zero-order chi connectivity index (χ0) is 23.9. The van der Waals surface area contributed by atoms with Gasteiger partial charge in [0.2, 0.25) is 5.91 Å². The average Bonchev–Trinajstić information content (AvgIpc) is 3.49. The largest absolute Gasteiger partial charge is 0.380 e. The third-order valence-electron chi connectivity index (χ3n) is 5.66. The molecule has 2 aromatic rings. The Labute approximate surface area is 203 Å². The van der Waals surface area contributed by atoms with Crippen molar-refractivity contribution in [2.75, 3.05) is 25.5 Å². The Morgan fingerprint density at radius 3 is 2.59 bits per heavy atom. The Bertz CT molecular complexity index is 1080. The van der Waals surface area contributed by atoms with E-state index < -0.39 is 5.25 Å². The lowest BCUT2D eigenvalue weighted by atomic mass is 10.1. The number of ether oxygens (including phenoxy) is 1. The lowest BCUT2D eigenvalue weighted by Crippen LogP contribution is -2.25. The number of thioether (sulfide) groups is 1. The van der Waals surface area contributed by atoms with Crippen LogP contribution in [-0.4, -0.2) is 53.2 Å². The van der Waals surface area contributed by atoms with Crippen LogP contribution in [0.3, 0.4) is 0 Å². The molecule has 3 amide bonds. The zero-order valence-corrected chi connectivity index (χ0v) is 19.9. The fourth-order valence-electron chi connectivity index (χ4n) is 3.92. The van der Waals surface area contributed by atoms with Crippen LogP contribution in [0.15, 0.2) is 53.5 Å². The van der Waals surface area contributed by atoms with E-state index in [2.05, 4.69) is 20.5 Å². The molecule has 1 fully saturated rings. The van der Waals surface area contributed by atoms with Gasteiger partial charge in [0.15, 0.2) is 5.17 Å². The summed E-state index contributed by atoms with van der Waals surface area (Å²) in [5.74, 6) is -0.701. The normalized spacial score (nSPS) is 17.6. The second-order valence-corrected chi connectivity index (χ2v) is 9.47. The van der Waals surface area contributed by atoms with Crippen molar-refractivity contribution in [3.63, 3.8) is 0 Å². The van der Waals surface area contributed by atoms with Crippen molar-refractivity contribution in [2.45, 2.75) is 37.7 Å². The number of hydrogen-bond donors (Lipinski definition) is 2. The summed E-state index contributed by atoms with van der Waals surface area (Å²) in [6, 6.07) is 14.5. The van der Waals surface area contributed by atoms with Crippen LogP contribution in [0.2, 0.25) is 0 Å². The molecule has 34 heavy (non-hydrogen) atoms.